The number of anilines is 1. The van der Waals surface area contributed by atoms with E-state index in [1.807, 2.05) is 6.07 Å². The molecule has 5 nitrogen and oxygen atoms in total. The first-order chi connectivity index (χ1) is 10.5. The van der Waals surface area contributed by atoms with Crippen molar-refractivity contribution in [3.05, 3.63) is 58.1 Å². The van der Waals surface area contributed by atoms with E-state index in [-0.39, 0.29) is 22.9 Å². The third-order valence-corrected chi connectivity index (χ3v) is 3.29. The highest BCUT2D eigenvalue weighted by Gasteiger charge is 2.16. The number of hydrogen-bond acceptors (Lipinski definition) is 5. The Morgan fingerprint density at radius 2 is 2.14 bits per heavy atom. The molecule has 0 heterocycles. The van der Waals surface area contributed by atoms with E-state index in [2.05, 4.69) is 0 Å². The first-order valence-corrected chi connectivity index (χ1v) is 6.72. The molecule has 0 bridgehead atoms. The standard InChI is InChI=1S/C16H13ClN2O3/c1-21-15-7-14(19)13(17)6-12(15)16(20)22-9-11-4-2-3-10(5-11)8-18/h2-7H,9,19H2,1H3. The first-order valence-electron chi connectivity index (χ1n) is 6.34. The lowest BCUT2D eigenvalue weighted by molar-refractivity contribution is 0.0469. The van der Waals surface area contributed by atoms with E-state index in [4.69, 9.17) is 32.1 Å². The van der Waals surface area contributed by atoms with Gasteiger partial charge in [-0.1, -0.05) is 23.7 Å². The highest BCUT2D eigenvalue weighted by Crippen LogP contribution is 2.29. The number of methoxy groups -OCH3 is 1. The number of benzene rings is 2. The molecule has 0 aliphatic rings. The topological polar surface area (TPSA) is 85.3 Å². The lowest BCUT2D eigenvalue weighted by Crippen LogP contribution is -2.08. The number of hydrogen-bond donors (Lipinski definition) is 1. The fourth-order valence-electron chi connectivity index (χ4n) is 1.85. The van der Waals surface area contributed by atoms with E-state index in [1.165, 1.54) is 19.2 Å². The summed E-state index contributed by atoms with van der Waals surface area (Å²) in [5, 5.41) is 9.09. The lowest BCUT2D eigenvalue weighted by Gasteiger charge is -2.11. The predicted octanol–water partition coefficient (Wildman–Crippen LogP) is 3.16. The average molecular weight is 317 g/mol. The molecule has 0 aromatic heterocycles. The Morgan fingerprint density at radius 3 is 2.82 bits per heavy atom. The van der Waals surface area contributed by atoms with Crippen LogP contribution in [0.1, 0.15) is 21.5 Å². The molecule has 2 N–H and O–H groups in total. The molecule has 2 aromatic carbocycles. The third-order valence-electron chi connectivity index (χ3n) is 2.96. The van der Waals surface area contributed by atoms with Gasteiger partial charge in [-0.3, -0.25) is 0 Å². The van der Waals surface area contributed by atoms with Gasteiger partial charge >= 0.3 is 5.97 Å². The highest BCUT2D eigenvalue weighted by molar-refractivity contribution is 6.33. The Balaban J connectivity index is 2.16. The van der Waals surface area contributed by atoms with Crippen LogP contribution in [0.3, 0.4) is 0 Å². The van der Waals surface area contributed by atoms with Crippen LogP contribution in [0.5, 0.6) is 5.75 Å². The molecule has 0 spiro atoms. The molecular weight excluding hydrogens is 304 g/mol. The van der Waals surface area contributed by atoms with E-state index >= 15 is 0 Å². The quantitative estimate of drug-likeness (QED) is 0.691. The van der Waals surface area contributed by atoms with Crippen molar-refractivity contribution in [3.63, 3.8) is 0 Å². The van der Waals surface area contributed by atoms with Crippen LogP contribution in [0.4, 0.5) is 5.69 Å². The van der Waals surface area contributed by atoms with Crippen LogP contribution < -0.4 is 10.5 Å². The number of esters is 1. The summed E-state index contributed by atoms with van der Waals surface area (Å²) in [5.74, 6) is -0.293. The van der Waals surface area contributed by atoms with Crippen molar-refractivity contribution in [1.82, 2.24) is 0 Å². The molecule has 0 fully saturated rings. The van der Waals surface area contributed by atoms with Gasteiger partial charge in [0.25, 0.3) is 0 Å². The number of nitrogens with zero attached hydrogens (tertiary/aromatic N) is 1. The smallest absolute Gasteiger partial charge is 0.342 e. The minimum atomic E-state index is -0.582. The van der Waals surface area contributed by atoms with Crippen LogP contribution in [0.15, 0.2) is 36.4 Å². The van der Waals surface area contributed by atoms with Crippen LogP contribution in [-0.2, 0) is 11.3 Å². The minimum Gasteiger partial charge on any atom is -0.496 e. The number of nitrogen functional groups attached to an aromatic ring is 1. The molecule has 112 valence electrons. The largest absolute Gasteiger partial charge is 0.496 e. The second kappa shape index (κ2) is 6.83. The summed E-state index contributed by atoms with van der Waals surface area (Å²) in [5.41, 5.74) is 7.39. The molecule has 2 rings (SSSR count). The molecule has 0 radical (unpaired) electrons. The Hall–Kier alpha value is -2.71. The molecule has 0 amide bonds. The Bertz CT molecular complexity index is 754. The molecule has 2 aromatic rings. The van der Waals surface area contributed by atoms with Gasteiger partial charge in [-0.15, -0.1) is 0 Å². The van der Waals surface area contributed by atoms with E-state index in [1.54, 1.807) is 24.3 Å². The summed E-state index contributed by atoms with van der Waals surface area (Å²) < 4.78 is 10.3. The molecule has 6 heteroatoms. The van der Waals surface area contributed by atoms with E-state index in [9.17, 15) is 4.79 Å². The summed E-state index contributed by atoms with van der Waals surface area (Å²) in [6.45, 7) is 0.0412. The summed E-state index contributed by atoms with van der Waals surface area (Å²) in [4.78, 5) is 12.1. The van der Waals surface area contributed by atoms with Crippen molar-refractivity contribution >= 4 is 23.3 Å². The maximum absolute atomic E-state index is 12.1. The van der Waals surface area contributed by atoms with Crippen molar-refractivity contribution in [3.8, 4) is 11.8 Å². The van der Waals surface area contributed by atoms with Crippen LogP contribution in [-0.4, -0.2) is 13.1 Å². The third kappa shape index (κ3) is 3.48. The summed E-state index contributed by atoms with van der Waals surface area (Å²) >= 11 is 5.92. The zero-order valence-corrected chi connectivity index (χ0v) is 12.6. The number of rotatable bonds is 4. The maximum Gasteiger partial charge on any atom is 0.342 e. The number of ether oxygens (including phenoxy) is 2. The maximum atomic E-state index is 12.1. The molecule has 0 unspecified atom stereocenters. The zero-order chi connectivity index (χ0) is 16.1. The average Bonchev–Trinajstić information content (AvgIpc) is 2.54. The second-order valence-electron chi connectivity index (χ2n) is 4.46. The second-order valence-corrected chi connectivity index (χ2v) is 4.87. The van der Waals surface area contributed by atoms with Crippen molar-refractivity contribution < 1.29 is 14.3 Å². The normalized spacial score (nSPS) is 9.86. The van der Waals surface area contributed by atoms with Crippen LogP contribution >= 0.6 is 11.6 Å². The molecule has 22 heavy (non-hydrogen) atoms. The van der Waals surface area contributed by atoms with Gasteiger partial charge in [0.2, 0.25) is 0 Å². The summed E-state index contributed by atoms with van der Waals surface area (Å²) in [7, 11) is 1.43. The number of carbonyl (C=O) groups excluding carboxylic acids is 1. The van der Waals surface area contributed by atoms with Crippen molar-refractivity contribution in [2.24, 2.45) is 0 Å². The number of carbonyl (C=O) groups is 1. The number of nitriles is 1. The van der Waals surface area contributed by atoms with Crippen LogP contribution in [0, 0.1) is 11.3 Å². The highest BCUT2D eigenvalue weighted by atomic mass is 35.5. The van der Waals surface area contributed by atoms with Crippen molar-refractivity contribution in [2.45, 2.75) is 6.61 Å². The van der Waals surface area contributed by atoms with Crippen molar-refractivity contribution in [2.75, 3.05) is 12.8 Å². The lowest BCUT2D eigenvalue weighted by atomic mass is 10.1. The van der Waals surface area contributed by atoms with Crippen LogP contribution in [0.25, 0.3) is 0 Å². The number of halogens is 1. The van der Waals surface area contributed by atoms with Gasteiger partial charge < -0.3 is 15.2 Å². The molecule has 0 aliphatic carbocycles. The Morgan fingerprint density at radius 1 is 1.36 bits per heavy atom. The van der Waals surface area contributed by atoms with Gasteiger partial charge in [-0.25, -0.2) is 4.79 Å². The van der Waals surface area contributed by atoms with E-state index in [0.29, 0.717) is 16.8 Å². The molecule has 0 saturated carbocycles. The fourth-order valence-corrected chi connectivity index (χ4v) is 2.02. The van der Waals surface area contributed by atoms with Gasteiger partial charge in [-0.05, 0) is 23.8 Å². The molecule has 0 aliphatic heterocycles. The van der Waals surface area contributed by atoms with E-state index < -0.39 is 5.97 Å². The predicted molar refractivity (Wildman–Crippen MR) is 82.7 cm³/mol. The fraction of sp³-hybridized carbons (Fsp3) is 0.125. The van der Waals surface area contributed by atoms with Crippen molar-refractivity contribution in [1.29, 1.82) is 5.26 Å². The monoisotopic (exact) mass is 316 g/mol. The SMILES string of the molecule is COc1cc(N)c(Cl)cc1C(=O)OCc1cccc(C#N)c1. The van der Waals surface area contributed by atoms with Gasteiger partial charge in [0.15, 0.2) is 0 Å². The van der Waals surface area contributed by atoms with Crippen LogP contribution in [0.2, 0.25) is 5.02 Å². The summed E-state index contributed by atoms with van der Waals surface area (Å²) in [6.07, 6.45) is 0. The number of nitrogens with two attached hydrogens (primary N) is 1. The molecule has 0 saturated heterocycles. The Kier molecular flexibility index (Phi) is 4.87. The van der Waals surface area contributed by atoms with Gasteiger partial charge in [0, 0.05) is 6.07 Å². The Labute approximate surface area is 132 Å². The zero-order valence-electron chi connectivity index (χ0n) is 11.8. The summed E-state index contributed by atoms with van der Waals surface area (Å²) in [6, 6.07) is 11.7. The van der Waals surface area contributed by atoms with Gasteiger partial charge in [-0.2, -0.15) is 5.26 Å². The van der Waals surface area contributed by atoms with E-state index in [0.717, 1.165) is 0 Å². The molecular formula is C16H13ClN2O3. The van der Waals surface area contributed by atoms with Gasteiger partial charge in [0.05, 0.1) is 29.5 Å². The minimum absolute atomic E-state index is 0.0412. The van der Waals surface area contributed by atoms with Gasteiger partial charge in [0.1, 0.15) is 17.9 Å². The first kappa shape index (κ1) is 15.7. The molecule has 0 atom stereocenters.